The topological polar surface area (TPSA) is 87.1 Å². The summed E-state index contributed by atoms with van der Waals surface area (Å²) in [6, 6.07) is 17.5. The van der Waals surface area contributed by atoms with Crippen molar-refractivity contribution in [2.75, 3.05) is 0 Å². The van der Waals surface area contributed by atoms with Gasteiger partial charge in [-0.25, -0.2) is 0 Å². The van der Waals surface area contributed by atoms with Gasteiger partial charge in [0.2, 0.25) is 11.8 Å². The minimum atomic E-state index is -0.982. The van der Waals surface area contributed by atoms with E-state index >= 15 is 0 Å². The first-order chi connectivity index (χ1) is 20.3. The van der Waals surface area contributed by atoms with E-state index in [9.17, 15) is 19.7 Å². The molecule has 1 saturated carbocycles. The number of para-hydroxylation sites is 1. The Labute approximate surface area is 249 Å². The van der Waals surface area contributed by atoms with E-state index in [0.717, 1.165) is 48.0 Å². The van der Waals surface area contributed by atoms with Crippen LogP contribution in [0, 0.1) is 23.7 Å². The summed E-state index contributed by atoms with van der Waals surface area (Å²) >= 11 is 0. The standard InChI is InChI=1S/C35H42BNO5/c1-22(2)27-20-28-33(35(40)37(34(28)39)26-14-7-4-8-15-26)29-21-36(41)42-31(32(27)29)18-17-24(23-11-5-3-6-12-23)19-25-13-9-10-16-30(25)38/h3,5-6,9-13,16,19,22,26,28-29,31,33,38,41H,4,7-8,14-15,17-18,20-21H2,1-2H3/b24-19-/t28-,29+,31-,33-/m1/s1. The Morgan fingerprint density at radius 1 is 1.00 bits per heavy atom. The molecule has 2 amide bonds. The quantitative estimate of drug-likeness (QED) is 0.173. The number of phenolic OH excluding ortho intramolecular Hbond substituents is 1. The second-order valence-electron chi connectivity index (χ2n) is 12.9. The average Bonchev–Trinajstić information content (AvgIpc) is 3.25. The lowest BCUT2D eigenvalue weighted by Gasteiger charge is -2.44. The minimum Gasteiger partial charge on any atom is -0.507 e. The highest BCUT2D eigenvalue weighted by atomic mass is 16.5. The molecule has 2 aliphatic heterocycles. The summed E-state index contributed by atoms with van der Waals surface area (Å²) in [4.78, 5) is 29.4. The molecule has 220 valence electrons. The monoisotopic (exact) mass is 567 g/mol. The van der Waals surface area contributed by atoms with Crippen LogP contribution < -0.4 is 0 Å². The van der Waals surface area contributed by atoms with E-state index in [1.165, 1.54) is 12.0 Å². The van der Waals surface area contributed by atoms with Crippen molar-refractivity contribution in [2.24, 2.45) is 23.7 Å². The molecular formula is C35H42BNO5. The van der Waals surface area contributed by atoms with Gasteiger partial charge in [-0.05, 0) is 79.1 Å². The largest absolute Gasteiger partial charge is 0.507 e. The molecule has 4 aliphatic rings. The fourth-order valence-corrected chi connectivity index (χ4v) is 8.01. The minimum absolute atomic E-state index is 0.00333. The number of phenols is 1. The lowest BCUT2D eigenvalue weighted by molar-refractivity contribution is -0.143. The number of aromatic hydroxyl groups is 1. The molecule has 7 heteroatoms. The van der Waals surface area contributed by atoms with Gasteiger partial charge in [0.15, 0.2) is 0 Å². The van der Waals surface area contributed by atoms with Gasteiger partial charge in [-0.2, -0.15) is 0 Å². The normalized spacial score (nSPS) is 27.1. The SMILES string of the molecule is CC(C)C1=C2[C@@H](CC/C(=C/c3ccccc3O)c3ccccc3)OB(O)C[C@@H]2[C@@H]2C(=O)N(C3CCCCC3)C(=O)[C@@H]2C1. The molecule has 42 heavy (non-hydrogen) atoms. The number of carbonyl (C=O) groups is 2. The van der Waals surface area contributed by atoms with E-state index in [4.69, 9.17) is 4.65 Å². The van der Waals surface area contributed by atoms with E-state index < -0.39 is 13.0 Å². The number of hydrogen-bond acceptors (Lipinski definition) is 5. The number of rotatable bonds is 7. The number of likely N-dealkylation sites (tertiary alicyclic amines) is 1. The van der Waals surface area contributed by atoms with E-state index in [1.807, 2.05) is 42.5 Å². The molecule has 0 aromatic heterocycles. The Bertz CT molecular complexity index is 1380. The van der Waals surface area contributed by atoms with Gasteiger partial charge in [0.25, 0.3) is 0 Å². The molecular weight excluding hydrogens is 525 g/mol. The van der Waals surface area contributed by atoms with E-state index in [2.05, 4.69) is 26.0 Å². The predicted octanol–water partition coefficient (Wildman–Crippen LogP) is 6.50. The fraction of sp³-hybridized carbons (Fsp3) is 0.486. The molecule has 2 aromatic carbocycles. The van der Waals surface area contributed by atoms with Crippen molar-refractivity contribution in [3.05, 3.63) is 76.9 Å². The Morgan fingerprint density at radius 3 is 2.43 bits per heavy atom. The lowest BCUT2D eigenvalue weighted by atomic mass is 9.57. The highest BCUT2D eigenvalue weighted by Gasteiger charge is 2.58. The van der Waals surface area contributed by atoms with Gasteiger partial charge in [0.05, 0.1) is 17.9 Å². The molecule has 2 N–H and O–H groups in total. The molecule has 4 atom stereocenters. The highest BCUT2D eigenvalue weighted by molar-refractivity contribution is 6.43. The number of benzene rings is 2. The van der Waals surface area contributed by atoms with Crippen molar-refractivity contribution >= 4 is 30.6 Å². The van der Waals surface area contributed by atoms with Crippen molar-refractivity contribution in [2.45, 2.75) is 83.7 Å². The van der Waals surface area contributed by atoms with Crippen molar-refractivity contribution in [1.82, 2.24) is 4.90 Å². The molecule has 0 spiro atoms. The van der Waals surface area contributed by atoms with Crippen molar-refractivity contribution in [1.29, 1.82) is 0 Å². The number of amides is 2. The van der Waals surface area contributed by atoms with Crippen LogP contribution in [-0.4, -0.2) is 46.1 Å². The Morgan fingerprint density at radius 2 is 1.71 bits per heavy atom. The molecule has 2 aliphatic carbocycles. The zero-order chi connectivity index (χ0) is 29.4. The molecule has 2 heterocycles. The number of hydrogen-bond donors (Lipinski definition) is 2. The van der Waals surface area contributed by atoms with Crippen LogP contribution in [0.4, 0.5) is 0 Å². The van der Waals surface area contributed by atoms with Crippen LogP contribution >= 0.6 is 0 Å². The maximum Gasteiger partial charge on any atom is 0.455 e. The maximum absolute atomic E-state index is 14.0. The van der Waals surface area contributed by atoms with Crippen LogP contribution in [0.1, 0.15) is 76.3 Å². The van der Waals surface area contributed by atoms with Gasteiger partial charge in [-0.15, -0.1) is 0 Å². The summed E-state index contributed by atoms with van der Waals surface area (Å²) in [5, 5.41) is 21.5. The molecule has 2 saturated heterocycles. The van der Waals surface area contributed by atoms with E-state index in [-0.39, 0.29) is 47.5 Å². The zero-order valence-electron chi connectivity index (χ0n) is 24.7. The molecule has 6 rings (SSSR count). The summed E-state index contributed by atoms with van der Waals surface area (Å²) in [6.45, 7) is 4.32. The fourth-order valence-electron chi connectivity index (χ4n) is 8.01. The average molecular weight is 568 g/mol. The zero-order valence-corrected chi connectivity index (χ0v) is 24.7. The number of nitrogens with zero attached hydrogens (tertiary/aromatic N) is 1. The predicted molar refractivity (Wildman–Crippen MR) is 165 cm³/mol. The van der Waals surface area contributed by atoms with Crippen molar-refractivity contribution in [3.63, 3.8) is 0 Å². The van der Waals surface area contributed by atoms with Gasteiger partial charge in [-0.3, -0.25) is 14.5 Å². The molecule has 0 unspecified atom stereocenters. The summed E-state index contributed by atoms with van der Waals surface area (Å²) < 4.78 is 6.26. The van der Waals surface area contributed by atoms with Crippen LogP contribution in [0.25, 0.3) is 11.6 Å². The third kappa shape index (κ3) is 5.49. The molecule has 2 aromatic rings. The lowest BCUT2D eigenvalue weighted by Crippen LogP contribution is -2.47. The number of fused-ring (bicyclic) bond motifs is 3. The van der Waals surface area contributed by atoms with Crippen molar-refractivity contribution < 1.29 is 24.4 Å². The van der Waals surface area contributed by atoms with Crippen LogP contribution in [0.5, 0.6) is 5.75 Å². The third-order valence-electron chi connectivity index (χ3n) is 10.0. The molecule has 0 bridgehead atoms. The van der Waals surface area contributed by atoms with Crippen LogP contribution in [-0.2, 0) is 14.2 Å². The second kappa shape index (κ2) is 12.2. The molecule has 6 nitrogen and oxygen atoms in total. The summed E-state index contributed by atoms with van der Waals surface area (Å²) in [6.07, 6.45) is 9.00. The smallest absolute Gasteiger partial charge is 0.455 e. The van der Waals surface area contributed by atoms with Gasteiger partial charge < -0.3 is 14.8 Å². The van der Waals surface area contributed by atoms with Crippen molar-refractivity contribution in [3.8, 4) is 5.75 Å². The van der Waals surface area contributed by atoms with E-state index in [0.29, 0.717) is 25.6 Å². The molecule has 0 radical (unpaired) electrons. The number of imide groups is 1. The van der Waals surface area contributed by atoms with Crippen LogP contribution in [0.15, 0.2) is 65.7 Å². The summed E-state index contributed by atoms with van der Waals surface area (Å²) in [5.41, 5.74) is 5.23. The maximum atomic E-state index is 14.0. The van der Waals surface area contributed by atoms with Crippen LogP contribution in [0.3, 0.4) is 0 Å². The first-order valence-corrected chi connectivity index (χ1v) is 15.8. The van der Waals surface area contributed by atoms with Gasteiger partial charge in [0.1, 0.15) is 5.75 Å². The summed E-state index contributed by atoms with van der Waals surface area (Å²) in [5.74, 6) is -0.529. The Kier molecular flexibility index (Phi) is 8.42. The third-order valence-corrected chi connectivity index (χ3v) is 10.0. The second-order valence-corrected chi connectivity index (χ2v) is 12.9. The van der Waals surface area contributed by atoms with Crippen LogP contribution in [0.2, 0.25) is 6.32 Å². The van der Waals surface area contributed by atoms with Gasteiger partial charge in [0, 0.05) is 11.6 Å². The highest BCUT2D eigenvalue weighted by Crippen LogP contribution is 2.53. The Hall–Kier alpha value is -3.16. The number of carbonyl (C=O) groups excluding carboxylic acids is 2. The van der Waals surface area contributed by atoms with Gasteiger partial charge in [-0.1, -0.05) is 87.2 Å². The first kappa shape index (κ1) is 28.9. The first-order valence-electron chi connectivity index (χ1n) is 15.8. The Balaban J connectivity index is 1.32. The van der Waals surface area contributed by atoms with E-state index in [1.54, 1.807) is 11.0 Å². The van der Waals surface area contributed by atoms with Gasteiger partial charge >= 0.3 is 7.12 Å². The summed E-state index contributed by atoms with van der Waals surface area (Å²) in [7, 11) is -0.982. The molecule has 3 fully saturated rings. The number of allylic oxidation sites excluding steroid dienone is 2.